The summed E-state index contributed by atoms with van der Waals surface area (Å²) in [6, 6.07) is 25.2. The second-order valence-corrected chi connectivity index (χ2v) is 38.7. The molecule has 0 aliphatic carbocycles. The molecule has 0 spiro atoms. The van der Waals surface area contributed by atoms with E-state index in [-0.39, 0.29) is 64.8 Å². The van der Waals surface area contributed by atoms with Crippen LogP contribution in [0.4, 0.5) is 9.59 Å². The van der Waals surface area contributed by atoms with Crippen molar-refractivity contribution in [3.05, 3.63) is 179 Å². The molecule has 6 N–H and O–H groups in total. The van der Waals surface area contributed by atoms with Crippen molar-refractivity contribution in [2.75, 3.05) is 34.3 Å². The van der Waals surface area contributed by atoms with Crippen molar-refractivity contribution in [1.29, 1.82) is 0 Å². The molecular weight excluding hydrogens is 1650 g/mol. The zero-order chi connectivity index (χ0) is 94.1. The van der Waals surface area contributed by atoms with E-state index in [2.05, 4.69) is 52.5 Å². The van der Waals surface area contributed by atoms with Gasteiger partial charge in [-0.2, -0.15) is 0 Å². The highest BCUT2D eigenvalue weighted by Crippen LogP contribution is 2.35. The van der Waals surface area contributed by atoms with E-state index in [1.54, 1.807) is 165 Å². The fourth-order valence-corrected chi connectivity index (χ4v) is 15.4. The largest absolute Gasteiger partial charge is 0.487 e. The zero-order valence-corrected chi connectivity index (χ0v) is 77.2. The lowest BCUT2D eigenvalue weighted by molar-refractivity contribution is -0.158. The summed E-state index contributed by atoms with van der Waals surface area (Å²) in [5, 5.41) is 39.0. The van der Waals surface area contributed by atoms with Crippen molar-refractivity contribution < 1.29 is 86.0 Å². The molecule has 8 aromatic rings. The first-order chi connectivity index (χ1) is 60.5. The van der Waals surface area contributed by atoms with Crippen molar-refractivity contribution in [2.45, 2.75) is 259 Å². The average Bonchev–Trinajstić information content (AvgIpc) is 1.64. The Morgan fingerprint density at radius 2 is 0.822 bits per heavy atom. The molecule has 14 rings (SSSR count). The molecule has 0 saturated carbocycles. The molecule has 6 aliphatic heterocycles. The summed E-state index contributed by atoms with van der Waals surface area (Å²) in [7, 11) is 4.00. The number of amides is 10. The Bertz CT molecular complexity index is 5430. The molecule has 0 radical (unpaired) electrons. The van der Waals surface area contributed by atoms with Gasteiger partial charge in [-0.05, 0) is 155 Å². The number of hydrogen-bond acceptors (Lipinski definition) is 22. The minimum atomic E-state index is -1.42. The molecule has 10 amide bonds. The molecular formula is C95H122N16O18. The SMILES string of the molecule is COC(=O)[C@@H]1Cc2ccc(cc2)OCc2cn(nn2)[C@H]2C[C@@H](C(=O)N[C@@H](Cc3ccc4ccccc4c3)C(=O)N[C@H](C(=O)OC(C)(C)C)Cc3ccc(cc3)OCc3cn(nn3)[C@H]3C[C@@H](C(=O)N[C@@H](Cc4ccc5ccccc5c4)C(=O)N1)N(C(=O)[C@@H](NC(=O)[C@H](C)N(C)C(=O)OC(C)(C)C)C(C)(C)C)C3)N(C(=O)[C@@H](NC(=O)[C@H](C)N(C)C(=O)OC(C)(C)C)C(C)(C)C)C2. The quantitative estimate of drug-likeness (QED) is 0.0437. The van der Waals surface area contributed by atoms with Crippen molar-refractivity contribution in [1.82, 2.24) is 81.5 Å². The number of methoxy groups -OCH3 is 1. The van der Waals surface area contributed by atoms with Crippen molar-refractivity contribution in [2.24, 2.45) is 10.8 Å². The van der Waals surface area contributed by atoms with Crippen LogP contribution in [0.15, 0.2) is 146 Å². The topological polar surface area (TPSA) is 407 Å². The van der Waals surface area contributed by atoms with Crippen LogP contribution in [-0.4, -0.2) is 232 Å². The van der Waals surface area contributed by atoms with Gasteiger partial charge in [-0.1, -0.05) is 161 Å². The van der Waals surface area contributed by atoms with Crippen molar-refractivity contribution >= 4 is 92.9 Å². The van der Waals surface area contributed by atoms with Crippen LogP contribution in [0.5, 0.6) is 11.5 Å². The number of hydrogen-bond donors (Lipinski definition) is 6. The Labute approximate surface area is 751 Å². The lowest BCUT2D eigenvalue weighted by Gasteiger charge is -2.37. The summed E-state index contributed by atoms with van der Waals surface area (Å²) in [6.07, 6.45) is 1.04. The number of likely N-dealkylation sites (N-methyl/N-ethyl adjacent to an activating group) is 2. The molecule has 2 aromatic heterocycles. The zero-order valence-electron chi connectivity index (χ0n) is 77.2. The van der Waals surface area contributed by atoms with E-state index in [0.717, 1.165) is 31.3 Å². The highest BCUT2D eigenvalue weighted by molar-refractivity contribution is 5.99. The summed E-state index contributed by atoms with van der Waals surface area (Å²) in [6.45, 7) is 28.1. The number of benzene rings is 6. The predicted octanol–water partition coefficient (Wildman–Crippen LogP) is 8.93. The van der Waals surface area contributed by atoms with Crippen LogP contribution < -0.4 is 41.4 Å². The lowest BCUT2D eigenvalue weighted by atomic mass is 9.85. The number of ether oxygens (including phenoxy) is 6. The van der Waals surface area contributed by atoms with Crippen LogP contribution >= 0.6 is 0 Å². The molecule has 8 heterocycles. The maximum absolute atomic E-state index is 15.7. The first-order valence-corrected chi connectivity index (χ1v) is 43.4. The molecule has 129 heavy (non-hydrogen) atoms. The van der Waals surface area contributed by atoms with E-state index < -0.39 is 172 Å². The molecule has 690 valence electrons. The van der Waals surface area contributed by atoms with Gasteiger partial charge in [0.2, 0.25) is 47.3 Å². The van der Waals surface area contributed by atoms with Gasteiger partial charge in [0.1, 0.15) is 113 Å². The fraction of sp³-hybridized carbons (Fsp3) is 0.495. The van der Waals surface area contributed by atoms with Gasteiger partial charge in [0.15, 0.2) is 0 Å². The summed E-state index contributed by atoms with van der Waals surface area (Å²) < 4.78 is 38.1. The Hall–Kier alpha value is -13.0. The fourth-order valence-electron chi connectivity index (χ4n) is 15.4. The second kappa shape index (κ2) is 40.1. The van der Waals surface area contributed by atoms with E-state index in [1.165, 1.54) is 54.2 Å². The number of likely N-dealkylation sites (tertiary alicyclic amines) is 2. The van der Waals surface area contributed by atoms with E-state index in [1.807, 2.05) is 84.9 Å². The molecule has 2 saturated heterocycles. The van der Waals surface area contributed by atoms with Gasteiger partial charge in [-0.3, -0.25) is 48.2 Å². The number of nitrogens with zero attached hydrogens (tertiary/aromatic N) is 10. The van der Waals surface area contributed by atoms with E-state index in [4.69, 9.17) is 28.4 Å². The number of carbonyl (C=O) groups is 12. The smallest absolute Gasteiger partial charge is 0.410 e. The normalized spacial score (nSPS) is 20.4. The van der Waals surface area contributed by atoms with Crippen LogP contribution in [0.1, 0.15) is 176 Å². The molecule has 6 aliphatic rings. The summed E-state index contributed by atoms with van der Waals surface area (Å²) in [4.78, 5) is 183. The van der Waals surface area contributed by atoms with Gasteiger partial charge < -0.3 is 70.1 Å². The van der Waals surface area contributed by atoms with Crippen molar-refractivity contribution in [3.8, 4) is 11.5 Å². The number of nitrogens with one attached hydrogen (secondary N) is 6. The summed E-state index contributed by atoms with van der Waals surface area (Å²) in [5.74, 6) is -6.68. The van der Waals surface area contributed by atoms with Crippen LogP contribution in [0.25, 0.3) is 21.5 Å². The maximum Gasteiger partial charge on any atom is 0.410 e. The number of rotatable bonds is 14. The highest BCUT2D eigenvalue weighted by Gasteiger charge is 2.50. The van der Waals surface area contributed by atoms with Crippen LogP contribution in [0, 0.1) is 10.8 Å². The molecule has 12 atom stereocenters. The standard InChI is InChI=1S/C95H122N16O18/c1-55(106(18)89(122)128-94(12,13)14)79(112)100-77(91(3,4)5)85(118)108-51-67-47-75(108)83(116)96-71(45-59-29-35-61-25-21-23-27-63(61)41-59)81(114)98-73(87(120)124-20)43-57-31-37-69(38-32-57)125-53-65-49-111(104-102-65)68-48-76(109(52-68)86(119)78(92(6,7)8)101-80(113)56(2)107(19)90(123)129-95(15,16)17)84(117)97-72(46-60-30-36-62-26-22-24-28-64(62)42-60)82(115)99-74(88(121)127-93(9,10)11)44-58-33-39-70(40-34-58)126-54-66-50-110(67)105-103-66/h21-42,49-50,55-56,67-68,71-78H,43-48,51-54H2,1-20H3,(H,96,116)(H,97,117)(H,98,114)(H,99,115)(H,100,112)(H,101,113)/t55-,56-,67-,68-,71-,72-,73-,74-,75-,76-,77+,78+/m0/s1. The van der Waals surface area contributed by atoms with Gasteiger partial charge in [0.05, 0.1) is 31.6 Å². The first-order valence-electron chi connectivity index (χ1n) is 43.4. The van der Waals surface area contributed by atoms with Crippen LogP contribution in [0.2, 0.25) is 0 Å². The molecule has 12 bridgehead atoms. The molecule has 34 nitrogen and oxygen atoms in total. The van der Waals surface area contributed by atoms with Crippen LogP contribution in [0.3, 0.4) is 0 Å². The van der Waals surface area contributed by atoms with E-state index >= 15 is 28.8 Å². The summed E-state index contributed by atoms with van der Waals surface area (Å²) in [5.41, 5.74) is -1.87. The minimum Gasteiger partial charge on any atom is -0.487 e. The lowest BCUT2D eigenvalue weighted by Crippen LogP contribution is -2.61. The van der Waals surface area contributed by atoms with E-state index in [9.17, 15) is 28.8 Å². The molecule has 34 heteroatoms. The average molecular weight is 1780 g/mol. The maximum atomic E-state index is 15.7. The highest BCUT2D eigenvalue weighted by atomic mass is 16.6. The summed E-state index contributed by atoms with van der Waals surface area (Å²) >= 11 is 0. The molecule has 6 aromatic carbocycles. The van der Waals surface area contributed by atoms with Gasteiger partial charge in [0, 0.05) is 65.7 Å². The third kappa shape index (κ3) is 25.5. The van der Waals surface area contributed by atoms with E-state index in [0.29, 0.717) is 45.1 Å². The number of fused-ring (bicyclic) bond motifs is 2. The molecule has 0 unspecified atom stereocenters. The first kappa shape index (κ1) is 96.6. The monoisotopic (exact) mass is 1770 g/mol. The third-order valence-electron chi connectivity index (χ3n) is 22.8. The number of aromatic nitrogens is 6. The Morgan fingerprint density at radius 1 is 0.465 bits per heavy atom. The minimum absolute atomic E-state index is 0.0888. The number of esters is 2. The third-order valence-corrected chi connectivity index (χ3v) is 22.8. The van der Waals surface area contributed by atoms with Gasteiger partial charge >= 0.3 is 24.1 Å². The van der Waals surface area contributed by atoms with Crippen LogP contribution in [-0.2, 0) is 106 Å². The Kier molecular flexibility index (Phi) is 30.0. The van der Waals surface area contributed by atoms with Crippen molar-refractivity contribution in [3.63, 3.8) is 0 Å². The Balaban J connectivity index is 0.950. The predicted molar refractivity (Wildman–Crippen MR) is 478 cm³/mol. The van der Waals surface area contributed by atoms with Gasteiger partial charge in [-0.15, -0.1) is 10.2 Å². The molecule has 2 fully saturated rings. The Morgan fingerprint density at radius 3 is 1.17 bits per heavy atom. The van der Waals surface area contributed by atoms with Gasteiger partial charge in [0.25, 0.3) is 0 Å². The number of carbonyl (C=O) groups excluding carboxylic acids is 12. The van der Waals surface area contributed by atoms with Gasteiger partial charge in [-0.25, -0.2) is 28.5 Å². The second-order valence-electron chi connectivity index (χ2n) is 38.7.